The number of benzene rings is 2. The molecular formula is C22H23BrN2O4. The van der Waals surface area contributed by atoms with E-state index in [9.17, 15) is 19.5 Å². The number of nitrogens with one attached hydrogen (secondary N) is 2. The van der Waals surface area contributed by atoms with Gasteiger partial charge < -0.3 is 15.7 Å². The van der Waals surface area contributed by atoms with Crippen LogP contribution in [0.3, 0.4) is 0 Å². The van der Waals surface area contributed by atoms with E-state index in [0.717, 1.165) is 4.47 Å². The van der Waals surface area contributed by atoms with Crippen molar-refractivity contribution in [3.05, 3.63) is 75.9 Å². The summed E-state index contributed by atoms with van der Waals surface area (Å²) in [4.78, 5) is 36.9. The number of halogens is 1. The Hall–Kier alpha value is -2.93. The van der Waals surface area contributed by atoms with Crippen LogP contribution in [0.2, 0.25) is 0 Å². The van der Waals surface area contributed by atoms with Crippen molar-refractivity contribution in [3.63, 3.8) is 0 Å². The lowest BCUT2D eigenvalue weighted by Gasteiger charge is -2.18. The Morgan fingerprint density at radius 1 is 1.03 bits per heavy atom. The molecule has 3 N–H and O–H groups in total. The predicted molar refractivity (Wildman–Crippen MR) is 115 cm³/mol. The molecule has 2 amide bonds. The van der Waals surface area contributed by atoms with E-state index in [4.69, 9.17) is 0 Å². The Morgan fingerprint density at radius 2 is 1.66 bits per heavy atom. The van der Waals surface area contributed by atoms with Crippen LogP contribution >= 0.6 is 15.9 Å². The third-order valence-corrected chi connectivity index (χ3v) is 4.55. The maximum absolute atomic E-state index is 12.8. The van der Waals surface area contributed by atoms with E-state index in [1.54, 1.807) is 54.6 Å². The van der Waals surface area contributed by atoms with Crippen molar-refractivity contribution >= 4 is 39.8 Å². The Kier molecular flexibility index (Phi) is 8.15. The molecule has 0 bridgehead atoms. The summed E-state index contributed by atoms with van der Waals surface area (Å²) in [6.45, 7) is 3.75. The molecule has 0 spiro atoms. The van der Waals surface area contributed by atoms with Crippen molar-refractivity contribution in [3.8, 4) is 0 Å². The molecule has 0 aliphatic rings. The second-order valence-corrected chi connectivity index (χ2v) is 7.84. The molecule has 2 aromatic rings. The average Bonchev–Trinajstić information content (AvgIpc) is 2.68. The number of carbonyl (C=O) groups excluding carboxylic acids is 2. The van der Waals surface area contributed by atoms with E-state index >= 15 is 0 Å². The molecule has 29 heavy (non-hydrogen) atoms. The first-order valence-electron chi connectivity index (χ1n) is 9.13. The molecule has 7 heteroatoms. The Morgan fingerprint density at radius 3 is 2.21 bits per heavy atom. The molecule has 0 aromatic heterocycles. The fraction of sp³-hybridized carbons (Fsp3) is 0.227. The molecule has 6 nitrogen and oxygen atoms in total. The van der Waals surface area contributed by atoms with E-state index in [0.29, 0.717) is 11.1 Å². The summed E-state index contributed by atoms with van der Waals surface area (Å²) in [6.07, 6.45) is 1.79. The van der Waals surface area contributed by atoms with Crippen LogP contribution in [0.1, 0.15) is 36.2 Å². The largest absolute Gasteiger partial charge is 0.480 e. The van der Waals surface area contributed by atoms with E-state index in [2.05, 4.69) is 26.6 Å². The maximum atomic E-state index is 12.8. The molecule has 0 saturated heterocycles. The van der Waals surface area contributed by atoms with Crippen molar-refractivity contribution in [1.29, 1.82) is 0 Å². The van der Waals surface area contributed by atoms with Crippen LogP contribution in [0.5, 0.6) is 0 Å². The summed E-state index contributed by atoms with van der Waals surface area (Å²) in [5.74, 6) is -2.16. The summed E-state index contributed by atoms with van der Waals surface area (Å²) >= 11 is 3.35. The third kappa shape index (κ3) is 7.19. The molecule has 0 heterocycles. The number of hydrogen-bond acceptors (Lipinski definition) is 3. The topological polar surface area (TPSA) is 95.5 Å². The zero-order valence-corrected chi connectivity index (χ0v) is 17.8. The SMILES string of the molecule is CC(C)C[C@H](NC(=O)/C(=C\c1ccc(Br)cc1)NC(=O)c1ccccc1)C(=O)O. The van der Waals surface area contributed by atoms with Gasteiger partial charge in [0.05, 0.1) is 0 Å². The Bertz CT molecular complexity index is 893. The van der Waals surface area contributed by atoms with Gasteiger partial charge in [-0.3, -0.25) is 9.59 Å². The number of carboxylic acid groups (broad SMARTS) is 1. The van der Waals surface area contributed by atoms with Gasteiger partial charge in [0.25, 0.3) is 11.8 Å². The maximum Gasteiger partial charge on any atom is 0.326 e. The van der Waals surface area contributed by atoms with Gasteiger partial charge in [-0.15, -0.1) is 0 Å². The lowest BCUT2D eigenvalue weighted by molar-refractivity contribution is -0.141. The molecular weight excluding hydrogens is 436 g/mol. The molecule has 2 aromatic carbocycles. The minimum absolute atomic E-state index is 0.0313. The Labute approximate surface area is 178 Å². The van der Waals surface area contributed by atoms with Gasteiger partial charge in [0.2, 0.25) is 0 Å². The van der Waals surface area contributed by atoms with Crippen LogP contribution in [0.4, 0.5) is 0 Å². The zero-order chi connectivity index (χ0) is 21.4. The summed E-state index contributed by atoms with van der Waals surface area (Å²) in [6, 6.07) is 14.6. The van der Waals surface area contributed by atoms with Crippen molar-refractivity contribution in [2.75, 3.05) is 0 Å². The van der Waals surface area contributed by atoms with Gasteiger partial charge in [0.1, 0.15) is 11.7 Å². The number of hydrogen-bond donors (Lipinski definition) is 3. The molecule has 0 aliphatic heterocycles. The minimum atomic E-state index is -1.12. The highest BCUT2D eigenvalue weighted by molar-refractivity contribution is 9.10. The van der Waals surface area contributed by atoms with Crippen molar-refractivity contribution in [2.24, 2.45) is 5.92 Å². The first-order valence-corrected chi connectivity index (χ1v) is 9.93. The predicted octanol–water partition coefficient (Wildman–Crippen LogP) is 3.84. The quantitative estimate of drug-likeness (QED) is 0.523. The highest BCUT2D eigenvalue weighted by atomic mass is 79.9. The van der Waals surface area contributed by atoms with Gasteiger partial charge in [-0.05, 0) is 48.2 Å². The standard InChI is InChI=1S/C22H23BrN2O4/c1-14(2)12-19(22(28)29)25-21(27)18(13-15-8-10-17(23)11-9-15)24-20(26)16-6-4-3-5-7-16/h3-11,13-14,19H,12H2,1-2H3,(H,24,26)(H,25,27)(H,28,29)/b18-13+/t19-/m0/s1. The van der Waals surface area contributed by atoms with Gasteiger partial charge in [0.15, 0.2) is 0 Å². The van der Waals surface area contributed by atoms with E-state index in [1.165, 1.54) is 6.08 Å². The molecule has 2 rings (SSSR count). The van der Waals surface area contributed by atoms with Crippen molar-refractivity contribution in [2.45, 2.75) is 26.3 Å². The summed E-state index contributed by atoms with van der Waals surface area (Å²) in [7, 11) is 0. The molecule has 0 unspecified atom stereocenters. The monoisotopic (exact) mass is 458 g/mol. The van der Waals surface area contributed by atoms with Gasteiger partial charge in [-0.1, -0.05) is 60.1 Å². The zero-order valence-electron chi connectivity index (χ0n) is 16.2. The normalized spacial score (nSPS) is 12.3. The smallest absolute Gasteiger partial charge is 0.326 e. The molecule has 0 saturated carbocycles. The third-order valence-electron chi connectivity index (χ3n) is 4.02. The van der Waals surface area contributed by atoms with E-state index < -0.39 is 23.8 Å². The fourth-order valence-electron chi connectivity index (χ4n) is 2.60. The number of carboxylic acids is 1. The lowest BCUT2D eigenvalue weighted by Crippen LogP contribution is -2.45. The number of amides is 2. The fourth-order valence-corrected chi connectivity index (χ4v) is 2.86. The summed E-state index contributed by atoms with van der Waals surface area (Å²) in [5, 5.41) is 14.5. The van der Waals surface area contributed by atoms with Crippen LogP contribution in [-0.4, -0.2) is 28.9 Å². The first-order chi connectivity index (χ1) is 13.8. The van der Waals surface area contributed by atoms with Crippen LogP contribution in [0.15, 0.2) is 64.8 Å². The van der Waals surface area contributed by atoms with Crippen LogP contribution in [0, 0.1) is 5.92 Å². The van der Waals surface area contributed by atoms with Gasteiger partial charge in [0, 0.05) is 10.0 Å². The van der Waals surface area contributed by atoms with Gasteiger partial charge in [-0.25, -0.2) is 4.79 Å². The molecule has 0 fully saturated rings. The van der Waals surface area contributed by atoms with Crippen LogP contribution < -0.4 is 10.6 Å². The first kappa shape index (κ1) is 22.4. The molecule has 1 atom stereocenters. The van der Waals surface area contributed by atoms with Crippen molar-refractivity contribution < 1.29 is 19.5 Å². The highest BCUT2D eigenvalue weighted by Gasteiger charge is 2.24. The summed E-state index contributed by atoms with van der Waals surface area (Å²) in [5.41, 5.74) is 1.04. The molecule has 0 aliphatic carbocycles. The average molecular weight is 459 g/mol. The lowest BCUT2D eigenvalue weighted by atomic mass is 10.0. The van der Waals surface area contributed by atoms with Gasteiger partial charge >= 0.3 is 5.97 Å². The van der Waals surface area contributed by atoms with Crippen LogP contribution in [0.25, 0.3) is 6.08 Å². The van der Waals surface area contributed by atoms with Crippen molar-refractivity contribution in [1.82, 2.24) is 10.6 Å². The second kappa shape index (κ2) is 10.6. The minimum Gasteiger partial charge on any atom is -0.480 e. The number of aliphatic carboxylic acids is 1. The summed E-state index contributed by atoms with van der Waals surface area (Å²) < 4.78 is 0.872. The number of rotatable bonds is 8. The molecule has 0 radical (unpaired) electrons. The molecule has 152 valence electrons. The van der Waals surface area contributed by atoms with E-state index in [1.807, 2.05) is 13.8 Å². The Balaban J connectivity index is 2.30. The van der Waals surface area contributed by atoms with Gasteiger partial charge in [-0.2, -0.15) is 0 Å². The van der Waals surface area contributed by atoms with E-state index in [-0.39, 0.29) is 18.0 Å². The highest BCUT2D eigenvalue weighted by Crippen LogP contribution is 2.14. The second-order valence-electron chi connectivity index (χ2n) is 6.92. The number of carbonyl (C=O) groups is 3. The van der Waals surface area contributed by atoms with Crippen LogP contribution in [-0.2, 0) is 9.59 Å².